The second-order valence-corrected chi connectivity index (χ2v) is 13.0. The minimum absolute atomic E-state index is 0.00677. The van der Waals surface area contributed by atoms with Gasteiger partial charge >= 0.3 is 6.09 Å². The Kier molecular flexibility index (Phi) is 13.5. The van der Waals surface area contributed by atoms with Gasteiger partial charge in [0.2, 0.25) is 0 Å². The Morgan fingerprint density at radius 2 is 1.19 bits per heavy atom. The van der Waals surface area contributed by atoms with Gasteiger partial charge in [0.15, 0.2) is 6.10 Å². The van der Waals surface area contributed by atoms with Crippen LogP contribution in [0.5, 0.6) is 0 Å². The molecule has 1 fully saturated rings. The van der Waals surface area contributed by atoms with E-state index in [-0.39, 0.29) is 52.6 Å². The predicted molar refractivity (Wildman–Crippen MR) is 179 cm³/mol. The Hall–Kier alpha value is -3.84. The molecule has 1 heterocycles. The Labute approximate surface area is 282 Å². The molecule has 3 aromatic rings. The fourth-order valence-corrected chi connectivity index (χ4v) is 5.33. The normalized spacial score (nSPS) is 16.9. The maximum absolute atomic E-state index is 13.9. The zero-order valence-corrected chi connectivity index (χ0v) is 27.9. The quantitative estimate of drug-likeness (QED) is 0.223. The molecule has 0 unspecified atom stereocenters. The topological polar surface area (TPSA) is 138 Å². The number of piperazine rings is 1. The van der Waals surface area contributed by atoms with E-state index in [0.29, 0.717) is 0 Å². The van der Waals surface area contributed by atoms with Crippen LogP contribution in [0.25, 0.3) is 0 Å². The lowest BCUT2D eigenvalue weighted by Gasteiger charge is -2.42. The Morgan fingerprint density at radius 1 is 0.729 bits per heavy atom. The van der Waals surface area contributed by atoms with Gasteiger partial charge in [-0.1, -0.05) is 91.0 Å². The molecular formula is C37H48N2O9. The Balaban J connectivity index is 1.58. The number of hydrogen-bond donors (Lipinski definition) is 3. The van der Waals surface area contributed by atoms with Crippen LogP contribution in [0.4, 0.5) is 4.79 Å². The minimum Gasteiger partial charge on any atom is -0.444 e. The summed E-state index contributed by atoms with van der Waals surface area (Å²) in [7, 11) is 0. The highest BCUT2D eigenvalue weighted by Gasteiger charge is 2.49. The molecular weight excluding hydrogens is 616 g/mol. The first-order valence-electron chi connectivity index (χ1n) is 16.2. The van der Waals surface area contributed by atoms with Crippen LogP contribution in [0, 0.1) is 0 Å². The first kappa shape index (κ1) is 37.0. The number of amides is 2. The smallest absolute Gasteiger partial charge is 0.410 e. The van der Waals surface area contributed by atoms with Crippen LogP contribution in [-0.4, -0.2) is 106 Å². The minimum atomic E-state index is -2.08. The predicted octanol–water partition coefficient (Wildman–Crippen LogP) is 3.54. The number of ether oxygens (including phenoxy) is 4. The van der Waals surface area contributed by atoms with Crippen molar-refractivity contribution in [2.24, 2.45) is 0 Å². The van der Waals surface area contributed by atoms with E-state index in [1.165, 1.54) is 9.80 Å². The summed E-state index contributed by atoms with van der Waals surface area (Å²) in [6.07, 6.45) is -5.11. The third-order valence-electron chi connectivity index (χ3n) is 7.93. The highest BCUT2D eigenvalue weighted by Crippen LogP contribution is 2.27. The molecule has 3 aromatic carbocycles. The third-order valence-corrected chi connectivity index (χ3v) is 7.93. The van der Waals surface area contributed by atoms with Gasteiger partial charge in [-0.15, -0.1) is 0 Å². The van der Waals surface area contributed by atoms with Gasteiger partial charge in [-0.25, -0.2) is 4.79 Å². The molecule has 260 valence electrons. The van der Waals surface area contributed by atoms with Gasteiger partial charge in [0, 0.05) is 26.2 Å². The SMILES string of the molecule is CC(C)(C)OC(=O)N1CCN(C(=O)[C@H](O)[C@@H](OCc2ccccc2)[C@H](OCc2ccccc2)[C@](O)(CO)COCc2ccccc2)CC1. The van der Waals surface area contributed by atoms with Crippen LogP contribution < -0.4 is 0 Å². The first-order valence-corrected chi connectivity index (χ1v) is 16.2. The molecule has 48 heavy (non-hydrogen) atoms. The standard InChI is InChI=1S/C37H48N2O9/c1-36(2,3)48-35(43)39-21-19-38(20-22-39)34(42)31(41)32(46-24-29-15-9-5-10-16-29)33(47-25-30-17-11-6-12-18-30)37(44,26-40)27-45-23-28-13-7-4-8-14-28/h4-18,31-33,40-41,44H,19-27H2,1-3H3/t31-,32-,33+,37+/m1/s1. The average molecular weight is 665 g/mol. The largest absolute Gasteiger partial charge is 0.444 e. The number of aliphatic hydroxyl groups is 3. The lowest BCUT2D eigenvalue weighted by molar-refractivity contribution is -0.227. The van der Waals surface area contributed by atoms with Crippen LogP contribution in [0.3, 0.4) is 0 Å². The van der Waals surface area contributed by atoms with Gasteiger partial charge in [0.25, 0.3) is 5.91 Å². The summed E-state index contributed by atoms with van der Waals surface area (Å²) < 4.78 is 23.9. The molecule has 4 rings (SSSR count). The summed E-state index contributed by atoms with van der Waals surface area (Å²) in [4.78, 5) is 29.4. The molecule has 11 heteroatoms. The summed E-state index contributed by atoms with van der Waals surface area (Å²) in [5.74, 6) is -0.657. The molecule has 0 bridgehead atoms. The monoisotopic (exact) mass is 664 g/mol. The van der Waals surface area contributed by atoms with Crippen molar-refractivity contribution in [1.29, 1.82) is 0 Å². The molecule has 2 amide bonds. The zero-order valence-electron chi connectivity index (χ0n) is 27.9. The van der Waals surface area contributed by atoms with E-state index in [9.17, 15) is 24.9 Å². The lowest BCUT2D eigenvalue weighted by atomic mass is 9.90. The van der Waals surface area contributed by atoms with E-state index in [0.717, 1.165) is 16.7 Å². The molecule has 1 aliphatic rings. The maximum atomic E-state index is 13.9. The van der Waals surface area contributed by atoms with Crippen molar-refractivity contribution in [3.63, 3.8) is 0 Å². The molecule has 1 saturated heterocycles. The average Bonchev–Trinajstić information content (AvgIpc) is 3.09. The van der Waals surface area contributed by atoms with E-state index in [2.05, 4.69) is 0 Å². The van der Waals surface area contributed by atoms with E-state index >= 15 is 0 Å². The van der Waals surface area contributed by atoms with Crippen molar-refractivity contribution in [2.75, 3.05) is 39.4 Å². The number of hydrogen-bond acceptors (Lipinski definition) is 9. The van der Waals surface area contributed by atoms with Crippen molar-refractivity contribution in [3.05, 3.63) is 108 Å². The van der Waals surface area contributed by atoms with Crippen LogP contribution in [0.15, 0.2) is 91.0 Å². The molecule has 0 aliphatic carbocycles. The highest BCUT2D eigenvalue weighted by molar-refractivity contribution is 5.82. The molecule has 11 nitrogen and oxygen atoms in total. The van der Waals surface area contributed by atoms with Gasteiger partial charge in [-0.05, 0) is 37.5 Å². The molecule has 0 saturated carbocycles. The zero-order chi connectivity index (χ0) is 34.6. The molecule has 4 atom stereocenters. The van der Waals surface area contributed by atoms with Crippen molar-refractivity contribution >= 4 is 12.0 Å². The number of carbonyl (C=O) groups is 2. The molecule has 0 radical (unpaired) electrons. The summed E-state index contributed by atoms with van der Waals surface area (Å²) in [6.45, 7) is 5.03. The second kappa shape index (κ2) is 17.5. The van der Waals surface area contributed by atoms with Gasteiger partial charge in [-0.2, -0.15) is 0 Å². The summed E-state index contributed by atoms with van der Waals surface area (Å²) in [5.41, 5.74) is -0.345. The Morgan fingerprint density at radius 3 is 1.67 bits per heavy atom. The van der Waals surface area contributed by atoms with E-state index in [4.69, 9.17) is 18.9 Å². The highest BCUT2D eigenvalue weighted by atomic mass is 16.6. The first-order chi connectivity index (χ1) is 23.0. The third kappa shape index (κ3) is 10.8. The summed E-state index contributed by atoms with van der Waals surface area (Å²) in [6, 6.07) is 27.8. The van der Waals surface area contributed by atoms with Gasteiger partial charge in [-0.3, -0.25) is 4.79 Å². The number of benzene rings is 3. The van der Waals surface area contributed by atoms with Gasteiger partial charge < -0.3 is 44.1 Å². The number of nitrogens with zero attached hydrogens (tertiary/aromatic N) is 2. The van der Waals surface area contributed by atoms with Crippen LogP contribution in [-0.2, 0) is 43.6 Å². The summed E-state index contributed by atoms with van der Waals surface area (Å²) >= 11 is 0. The molecule has 3 N–H and O–H groups in total. The van der Waals surface area contributed by atoms with E-state index in [1.807, 2.05) is 91.0 Å². The van der Waals surface area contributed by atoms with Crippen molar-refractivity contribution in [3.8, 4) is 0 Å². The number of carbonyl (C=O) groups excluding carboxylic acids is 2. The number of aliphatic hydroxyl groups excluding tert-OH is 2. The fourth-order valence-electron chi connectivity index (χ4n) is 5.33. The van der Waals surface area contributed by atoms with Crippen LogP contribution in [0.2, 0.25) is 0 Å². The lowest BCUT2D eigenvalue weighted by Crippen LogP contribution is -2.63. The summed E-state index contributed by atoms with van der Waals surface area (Å²) in [5, 5.41) is 34.3. The Bertz CT molecular complexity index is 1400. The molecule has 1 aliphatic heterocycles. The van der Waals surface area contributed by atoms with Crippen molar-refractivity contribution in [2.45, 2.75) is 70.1 Å². The van der Waals surface area contributed by atoms with E-state index in [1.54, 1.807) is 20.8 Å². The van der Waals surface area contributed by atoms with Crippen molar-refractivity contribution in [1.82, 2.24) is 9.80 Å². The maximum Gasteiger partial charge on any atom is 0.410 e. The fraction of sp³-hybridized carbons (Fsp3) is 0.459. The van der Waals surface area contributed by atoms with Gasteiger partial charge in [0.1, 0.15) is 23.4 Å². The van der Waals surface area contributed by atoms with E-state index < -0.39 is 48.1 Å². The molecule has 0 spiro atoms. The molecule has 0 aromatic heterocycles. The van der Waals surface area contributed by atoms with Crippen molar-refractivity contribution < 1.29 is 43.9 Å². The van der Waals surface area contributed by atoms with Crippen LogP contribution >= 0.6 is 0 Å². The number of rotatable bonds is 15. The second-order valence-electron chi connectivity index (χ2n) is 13.0. The van der Waals surface area contributed by atoms with Gasteiger partial charge in [0.05, 0.1) is 33.0 Å². The van der Waals surface area contributed by atoms with Crippen LogP contribution in [0.1, 0.15) is 37.5 Å².